The van der Waals surface area contributed by atoms with Gasteiger partial charge in [-0.1, -0.05) is 0 Å². The van der Waals surface area contributed by atoms with Crippen LogP contribution in [0, 0.1) is 5.82 Å². The molecule has 0 bridgehead atoms. The molecule has 2 N–H and O–H groups in total. The van der Waals surface area contributed by atoms with Crippen LogP contribution in [0.4, 0.5) is 15.2 Å². The minimum absolute atomic E-state index is 0.175. The molecule has 24 heavy (non-hydrogen) atoms. The molecule has 128 valence electrons. The van der Waals surface area contributed by atoms with Crippen LogP contribution in [-0.4, -0.2) is 27.9 Å². The molecule has 5 nitrogen and oxygen atoms in total. The summed E-state index contributed by atoms with van der Waals surface area (Å²) in [6.45, 7) is 1.58. The van der Waals surface area contributed by atoms with Crippen LogP contribution < -0.4 is 10.6 Å². The number of carbonyl (C=O) groups is 2. The van der Waals surface area contributed by atoms with Gasteiger partial charge in [-0.2, -0.15) is 0 Å². The Bertz CT molecular complexity index is 707. The SMILES string of the molecule is CC(Cl)C(=O)Nc1nc(CSCC(=O)Nc2ccc(F)cc2)cs1. The van der Waals surface area contributed by atoms with E-state index in [4.69, 9.17) is 11.6 Å². The van der Waals surface area contributed by atoms with Crippen LogP contribution in [0.1, 0.15) is 12.6 Å². The molecule has 0 aliphatic heterocycles. The van der Waals surface area contributed by atoms with Gasteiger partial charge in [0.25, 0.3) is 0 Å². The number of carbonyl (C=O) groups excluding carboxylic acids is 2. The fourth-order valence-corrected chi connectivity index (χ4v) is 3.20. The third-order valence-corrected chi connectivity index (χ3v) is 4.73. The molecule has 0 fully saturated rings. The Kier molecular flexibility index (Phi) is 7.01. The van der Waals surface area contributed by atoms with Gasteiger partial charge in [0.15, 0.2) is 5.13 Å². The van der Waals surface area contributed by atoms with Gasteiger partial charge in [-0.15, -0.1) is 34.7 Å². The first kappa shape index (κ1) is 18.7. The number of hydrogen-bond acceptors (Lipinski definition) is 5. The molecule has 1 aromatic heterocycles. The second-order valence-corrected chi connectivity index (χ2v) is 7.30. The van der Waals surface area contributed by atoms with E-state index in [1.165, 1.54) is 47.4 Å². The summed E-state index contributed by atoms with van der Waals surface area (Å²) in [4.78, 5) is 27.5. The van der Waals surface area contributed by atoms with Crippen molar-refractivity contribution in [3.8, 4) is 0 Å². The molecule has 0 saturated carbocycles. The van der Waals surface area contributed by atoms with E-state index in [2.05, 4.69) is 15.6 Å². The van der Waals surface area contributed by atoms with Gasteiger partial charge < -0.3 is 10.6 Å². The average Bonchev–Trinajstić information content (AvgIpc) is 2.97. The lowest BCUT2D eigenvalue weighted by Gasteiger charge is -2.04. The Morgan fingerprint density at radius 3 is 2.71 bits per heavy atom. The maximum Gasteiger partial charge on any atom is 0.243 e. The van der Waals surface area contributed by atoms with Crippen LogP contribution in [0.5, 0.6) is 0 Å². The third-order valence-electron chi connectivity index (χ3n) is 2.75. The van der Waals surface area contributed by atoms with Crippen molar-refractivity contribution in [2.75, 3.05) is 16.4 Å². The number of thiazole rings is 1. The lowest BCUT2D eigenvalue weighted by Crippen LogP contribution is -2.20. The number of rotatable bonds is 7. The number of nitrogens with one attached hydrogen (secondary N) is 2. The molecule has 1 atom stereocenters. The number of alkyl halides is 1. The monoisotopic (exact) mass is 387 g/mol. The zero-order valence-electron chi connectivity index (χ0n) is 12.7. The van der Waals surface area contributed by atoms with Gasteiger partial charge in [-0.3, -0.25) is 9.59 Å². The van der Waals surface area contributed by atoms with Gasteiger partial charge in [0.2, 0.25) is 11.8 Å². The zero-order valence-corrected chi connectivity index (χ0v) is 15.1. The van der Waals surface area contributed by atoms with E-state index >= 15 is 0 Å². The van der Waals surface area contributed by atoms with Gasteiger partial charge in [-0.05, 0) is 31.2 Å². The summed E-state index contributed by atoms with van der Waals surface area (Å²) in [6.07, 6.45) is 0. The fourth-order valence-electron chi connectivity index (χ4n) is 1.61. The highest BCUT2D eigenvalue weighted by atomic mass is 35.5. The Morgan fingerprint density at radius 2 is 2.04 bits per heavy atom. The van der Waals surface area contributed by atoms with E-state index in [9.17, 15) is 14.0 Å². The molecule has 9 heteroatoms. The van der Waals surface area contributed by atoms with Gasteiger partial charge >= 0.3 is 0 Å². The zero-order chi connectivity index (χ0) is 17.5. The second kappa shape index (κ2) is 9.00. The standard InChI is InChI=1S/C15H15ClFN3O2S2/c1-9(16)14(22)20-15-19-12(7-24-15)6-23-8-13(21)18-11-4-2-10(17)3-5-11/h2-5,7,9H,6,8H2,1H3,(H,18,21)(H,19,20,22). The molecule has 1 unspecified atom stereocenters. The summed E-state index contributed by atoms with van der Waals surface area (Å²) in [6, 6.07) is 5.58. The first-order valence-electron chi connectivity index (χ1n) is 6.96. The van der Waals surface area contributed by atoms with Gasteiger partial charge in [-0.25, -0.2) is 9.37 Å². The Morgan fingerprint density at radius 1 is 1.33 bits per heavy atom. The van der Waals surface area contributed by atoms with E-state index in [0.29, 0.717) is 16.6 Å². The minimum atomic E-state index is -0.623. The fraction of sp³-hybridized carbons (Fsp3) is 0.267. The van der Waals surface area contributed by atoms with Crippen LogP contribution in [0.25, 0.3) is 0 Å². The lowest BCUT2D eigenvalue weighted by atomic mass is 10.3. The van der Waals surface area contributed by atoms with Crippen molar-refractivity contribution >= 4 is 57.3 Å². The number of amides is 2. The van der Waals surface area contributed by atoms with Gasteiger partial charge in [0.05, 0.1) is 11.4 Å². The van der Waals surface area contributed by atoms with Crippen LogP contribution in [0.3, 0.4) is 0 Å². The molecule has 0 aliphatic carbocycles. The normalized spacial score (nSPS) is 11.8. The van der Waals surface area contributed by atoms with E-state index in [0.717, 1.165) is 5.69 Å². The molecule has 1 heterocycles. The molecule has 0 radical (unpaired) electrons. The second-order valence-electron chi connectivity index (χ2n) is 4.80. The predicted octanol–water partition coefficient (Wildman–Crippen LogP) is 3.72. The molecule has 1 aromatic carbocycles. The average molecular weight is 388 g/mol. The molecule has 2 amide bonds. The maximum atomic E-state index is 12.8. The van der Waals surface area contributed by atoms with Crippen LogP contribution >= 0.6 is 34.7 Å². The van der Waals surface area contributed by atoms with Crippen LogP contribution in [0.2, 0.25) is 0 Å². The molecule has 0 saturated heterocycles. The van der Waals surface area contributed by atoms with Crippen molar-refractivity contribution in [1.29, 1.82) is 0 Å². The van der Waals surface area contributed by atoms with Crippen molar-refractivity contribution in [1.82, 2.24) is 4.98 Å². The number of nitrogens with zero attached hydrogens (tertiary/aromatic N) is 1. The van der Waals surface area contributed by atoms with E-state index < -0.39 is 5.38 Å². The van der Waals surface area contributed by atoms with E-state index in [1.807, 2.05) is 5.38 Å². The van der Waals surface area contributed by atoms with E-state index in [-0.39, 0.29) is 23.4 Å². The molecule has 2 aromatic rings. The van der Waals surface area contributed by atoms with Crippen molar-refractivity contribution in [2.45, 2.75) is 18.1 Å². The predicted molar refractivity (Wildman–Crippen MR) is 97.3 cm³/mol. The number of halogens is 2. The summed E-state index contributed by atoms with van der Waals surface area (Å²) in [5.41, 5.74) is 1.33. The highest BCUT2D eigenvalue weighted by Crippen LogP contribution is 2.20. The van der Waals surface area contributed by atoms with Gasteiger partial charge in [0.1, 0.15) is 11.2 Å². The minimum Gasteiger partial charge on any atom is -0.325 e. The topological polar surface area (TPSA) is 71.1 Å². The smallest absolute Gasteiger partial charge is 0.243 e. The quantitative estimate of drug-likeness (QED) is 0.710. The Hall–Kier alpha value is -1.64. The number of thioether (sulfide) groups is 1. The Balaban J connectivity index is 1.73. The number of anilines is 2. The summed E-state index contributed by atoms with van der Waals surface area (Å²) in [5, 5.41) is 6.98. The van der Waals surface area contributed by atoms with E-state index in [1.54, 1.807) is 6.92 Å². The van der Waals surface area contributed by atoms with Gasteiger partial charge in [0, 0.05) is 16.8 Å². The first-order chi connectivity index (χ1) is 11.4. The van der Waals surface area contributed by atoms with Crippen molar-refractivity contribution in [3.05, 3.63) is 41.2 Å². The van der Waals surface area contributed by atoms with Crippen LogP contribution in [0.15, 0.2) is 29.6 Å². The summed E-state index contributed by atoms with van der Waals surface area (Å²) in [5.74, 6) is -0.0397. The summed E-state index contributed by atoms with van der Waals surface area (Å²) >= 11 is 8.38. The number of aromatic nitrogens is 1. The lowest BCUT2D eigenvalue weighted by molar-refractivity contribution is -0.115. The largest absolute Gasteiger partial charge is 0.325 e. The van der Waals surface area contributed by atoms with Crippen molar-refractivity contribution < 1.29 is 14.0 Å². The summed E-state index contributed by atoms with van der Waals surface area (Å²) < 4.78 is 12.8. The number of benzene rings is 1. The maximum absolute atomic E-state index is 12.8. The molecular weight excluding hydrogens is 373 g/mol. The molecule has 0 aliphatic rings. The van der Waals surface area contributed by atoms with Crippen LogP contribution in [-0.2, 0) is 15.3 Å². The number of hydrogen-bond donors (Lipinski definition) is 2. The first-order valence-corrected chi connectivity index (χ1v) is 9.43. The van der Waals surface area contributed by atoms with Crippen molar-refractivity contribution in [2.24, 2.45) is 0 Å². The Labute approximate surface area is 152 Å². The molecular formula is C15H15ClFN3O2S2. The molecule has 0 spiro atoms. The third kappa shape index (κ3) is 6.10. The highest BCUT2D eigenvalue weighted by Gasteiger charge is 2.12. The molecule has 2 rings (SSSR count). The highest BCUT2D eigenvalue weighted by molar-refractivity contribution is 7.99. The van der Waals surface area contributed by atoms with Crippen molar-refractivity contribution in [3.63, 3.8) is 0 Å². The summed E-state index contributed by atoms with van der Waals surface area (Å²) in [7, 11) is 0.